The lowest BCUT2D eigenvalue weighted by atomic mass is 10.0. The van der Waals surface area contributed by atoms with E-state index in [1.165, 1.54) is 22.4 Å². The standard InChI is InChI=1S/C16H21N3S/c1-13-5-11-20-16(13)15(14-4-2-6-18-12-14)19-9-3-7-17-8-10-19/h2,4-6,11-12,15,17H,3,7-10H2,1H3. The topological polar surface area (TPSA) is 28.2 Å². The van der Waals surface area contributed by atoms with Crippen molar-refractivity contribution in [3.63, 3.8) is 0 Å². The van der Waals surface area contributed by atoms with Gasteiger partial charge in [-0.05, 0) is 48.5 Å². The lowest BCUT2D eigenvalue weighted by molar-refractivity contribution is 0.243. The van der Waals surface area contributed by atoms with Crippen LogP contribution in [0.1, 0.15) is 28.5 Å². The third-order valence-corrected chi connectivity index (χ3v) is 4.96. The highest BCUT2D eigenvalue weighted by Crippen LogP contribution is 2.34. The van der Waals surface area contributed by atoms with E-state index in [2.05, 4.69) is 39.6 Å². The molecule has 1 aliphatic heterocycles. The number of aryl methyl sites for hydroxylation is 1. The average Bonchev–Trinajstić information content (AvgIpc) is 2.75. The monoisotopic (exact) mass is 287 g/mol. The van der Waals surface area contributed by atoms with E-state index in [-0.39, 0.29) is 0 Å². The van der Waals surface area contributed by atoms with Crippen LogP contribution in [0, 0.1) is 6.92 Å². The number of hydrogen-bond donors (Lipinski definition) is 1. The second-order valence-electron chi connectivity index (χ2n) is 5.30. The second kappa shape index (κ2) is 6.48. The normalized spacial score (nSPS) is 18.6. The maximum Gasteiger partial charge on any atom is 0.0714 e. The first kappa shape index (κ1) is 13.7. The number of rotatable bonds is 3. The van der Waals surface area contributed by atoms with E-state index >= 15 is 0 Å². The maximum atomic E-state index is 4.33. The third-order valence-electron chi connectivity index (χ3n) is 3.89. The molecule has 0 aromatic carbocycles. The molecule has 0 aliphatic carbocycles. The zero-order valence-electron chi connectivity index (χ0n) is 11.9. The first-order valence-corrected chi connectivity index (χ1v) is 8.13. The molecule has 0 bridgehead atoms. The molecule has 20 heavy (non-hydrogen) atoms. The second-order valence-corrected chi connectivity index (χ2v) is 6.24. The SMILES string of the molecule is Cc1ccsc1C(c1cccnc1)N1CCCNCC1. The Labute approximate surface area is 124 Å². The molecule has 1 aliphatic rings. The number of aromatic nitrogens is 1. The van der Waals surface area contributed by atoms with Gasteiger partial charge in [0.25, 0.3) is 0 Å². The van der Waals surface area contributed by atoms with Gasteiger partial charge in [0.05, 0.1) is 6.04 Å². The van der Waals surface area contributed by atoms with Crippen molar-refractivity contribution in [2.24, 2.45) is 0 Å². The van der Waals surface area contributed by atoms with E-state index in [4.69, 9.17) is 0 Å². The van der Waals surface area contributed by atoms with E-state index in [0.717, 1.165) is 26.2 Å². The van der Waals surface area contributed by atoms with Crippen molar-refractivity contribution in [1.29, 1.82) is 0 Å². The Bertz CT molecular complexity index is 530. The fourth-order valence-electron chi connectivity index (χ4n) is 2.86. The predicted molar refractivity (Wildman–Crippen MR) is 84.2 cm³/mol. The van der Waals surface area contributed by atoms with Gasteiger partial charge in [-0.25, -0.2) is 0 Å². The molecule has 3 nitrogen and oxygen atoms in total. The number of nitrogens with one attached hydrogen (secondary N) is 1. The van der Waals surface area contributed by atoms with Crippen molar-refractivity contribution >= 4 is 11.3 Å². The van der Waals surface area contributed by atoms with Gasteiger partial charge in [-0.3, -0.25) is 9.88 Å². The van der Waals surface area contributed by atoms with Crippen LogP contribution >= 0.6 is 11.3 Å². The van der Waals surface area contributed by atoms with E-state index in [9.17, 15) is 0 Å². The summed E-state index contributed by atoms with van der Waals surface area (Å²) in [6.07, 6.45) is 5.08. The van der Waals surface area contributed by atoms with Crippen molar-refractivity contribution in [3.05, 3.63) is 52.0 Å². The van der Waals surface area contributed by atoms with Crippen LogP contribution in [0.2, 0.25) is 0 Å². The Morgan fingerprint density at radius 1 is 1.30 bits per heavy atom. The van der Waals surface area contributed by atoms with Gasteiger partial charge in [0, 0.05) is 36.9 Å². The summed E-state index contributed by atoms with van der Waals surface area (Å²) < 4.78 is 0. The predicted octanol–water partition coefficient (Wildman–Crippen LogP) is 2.84. The fourth-order valence-corrected chi connectivity index (χ4v) is 3.94. The molecule has 1 N–H and O–H groups in total. The smallest absolute Gasteiger partial charge is 0.0714 e. The third kappa shape index (κ3) is 2.92. The molecule has 1 unspecified atom stereocenters. The molecule has 0 saturated carbocycles. The largest absolute Gasteiger partial charge is 0.315 e. The Kier molecular flexibility index (Phi) is 4.45. The van der Waals surface area contributed by atoms with Crippen LogP contribution in [-0.4, -0.2) is 36.1 Å². The minimum absolute atomic E-state index is 0.351. The summed E-state index contributed by atoms with van der Waals surface area (Å²) in [6, 6.07) is 6.82. The summed E-state index contributed by atoms with van der Waals surface area (Å²) in [5, 5.41) is 5.69. The molecule has 0 amide bonds. The summed E-state index contributed by atoms with van der Waals surface area (Å²) in [5.74, 6) is 0. The minimum atomic E-state index is 0.351. The summed E-state index contributed by atoms with van der Waals surface area (Å²) in [4.78, 5) is 8.38. The zero-order valence-corrected chi connectivity index (χ0v) is 12.7. The molecule has 0 radical (unpaired) electrons. The van der Waals surface area contributed by atoms with Crippen LogP contribution < -0.4 is 5.32 Å². The van der Waals surface area contributed by atoms with Gasteiger partial charge in [-0.1, -0.05) is 6.07 Å². The summed E-state index contributed by atoms with van der Waals surface area (Å²) in [6.45, 7) is 6.65. The van der Waals surface area contributed by atoms with Crippen LogP contribution in [0.3, 0.4) is 0 Å². The Hall–Kier alpha value is -1.23. The van der Waals surface area contributed by atoms with Crippen molar-refractivity contribution < 1.29 is 0 Å². The molecule has 1 saturated heterocycles. The molecule has 3 heterocycles. The maximum absolute atomic E-state index is 4.33. The molecule has 3 rings (SSSR count). The Morgan fingerprint density at radius 3 is 3.00 bits per heavy atom. The molecule has 2 aromatic rings. The van der Waals surface area contributed by atoms with E-state index in [0.29, 0.717) is 6.04 Å². The van der Waals surface area contributed by atoms with Gasteiger partial charge in [0.15, 0.2) is 0 Å². The van der Waals surface area contributed by atoms with Gasteiger partial charge < -0.3 is 5.32 Å². The summed E-state index contributed by atoms with van der Waals surface area (Å²) in [7, 11) is 0. The average molecular weight is 287 g/mol. The van der Waals surface area contributed by atoms with Gasteiger partial charge in [0.1, 0.15) is 0 Å². The van der Waals surface area contributed by atoms with Crippen LogP contribution in [0.4, 0.5) is 0 Å². The van der Waals surface area contributed by atoms with Crippen LogP contribution in [0.5, 0.6) is 0 Å². The lowest BCUT2D eigenvalue weighted by Crippen LogP contribution is -2.33. The molecule has 1 atom stereocenters. The molecule has 2 aromatic heterocycles. The number of pyridine rings is 1. The van der Waals surface area contributed by atoms with Gasteiger partial charge in [-0.15, -0.1) is 11.3 Å². The quantitative estimate of drug-likeness (QED) is 0.941. The van der Waals surface area contributed by atoms with Crippen LogP contribution in [0.25, 0.3) is 0 Å². The van der Waals surface area contributed by atoms with Crippen molar-refractivity contribution in [2.75, 3.05) is 26.2 Å². The minimum Gasteiger partial charge on any atom is -0.315 e. The van der Waals surface area contributed by atoms with Crippen LogP contribution in [0.15, 0.2) is 36.0 Å². The lowest BCUT2D eigenvalue weighted by Gasteiger charge is -2.30. The molecular weight excluding hydrogens is 266 g/mol. The first-order valence-electron chi connectivity index (χ1n) is 7.25. The highest BCUT2D eigenvalue weighted by molar-refractivity contribution is 7.10. The summed E-state index contributed by atoms with van der Waals surface area (Å²) in [5.41, 5.74) is 2.70. The molecule has 4 heteroatoms. The van der Waals surface area contributed by atoms with E-state index < -0.39 is 0 Å². The number of hydrogen-bond acceptors (Lipinski definition) is 4. The zero-order chi connectivity index (χ0) is 13.8. The molecular formula is C16H21N3S. The highest BCUT2D eigenvalue weighted by atomic mass is 32.1. The van der Waals surface area contributed by atoms with Crippen molar-refractivity contribution in [1.82, 2.24) is 15.2 Å². The molecule has 1 fully saturated rings. The first-order chi connectivity index (χ1) is 9.86. The van der Waals surface area contributed by atoms with Gasteiger partial charge in [-0.2, -0.15) is 0 Å². The van der Waals surface area contributed by atoms with Crippen molar-refractivity contribution in [2.45, 2.75) is 19.4 Å². The van der Waals surface area contributed by atoms with Gasteiger partial charge >= 0.3 is 0 Å². The Morgan fingerprint density at radius 2 is 2.25 bits per heavy atom. The molecule has 106 valence electrons. The van der Waals surface area contributed by atoms with Crippen LogP contribution in [-0.2, 0) is 0 Å². The highest BCUT2D eigenvalue weighted by Gasteiger charge is 2.25. The number of thiophene rings is 1. The van der Waals surface area contributed by atoms with E-state index in [1.807, 2.05) is 29.8 Å². The van der Waals surface area contributed by atoms with Crippen molar-refractivity contribution in [3.8, 4) is 0 Å². The Balaban J connectivity index is 1.97. The summed E-state index contributed by atoms with van der Waals surface area (Å²) >= 11 is 1.86. The van der Waals surface area contributed by atoms with E-state index in [1.54, 1.807) is 0 Å². The number of nitrogens with zero attached hydrogens (tertiary/aromatic N) is 2. The molecule has 0 spiro atoms. The van der Waals surface area contributed by atoms with Gasteiger partial charge in [0.2, 0.25) is 0 Å². The fraction of sp³-hybridized carbons (Fsp3) is 0.438.